The van der Waals surface area contributed by atoms with E-state index in [0.29, 0.717) is 5.69 Å². The van der Waals surface area contributed by atoms with Crippen molar-refractivity contribution in [1.29, 1.82) is 0 Å². The maximum absolute atomic E-state index is 12.2. The molecular formula is C14H19N5O. The summed E-state index contributed by atoms with van der Waals surface area (Å²) in [5.74, 6) is -0.0551. The third kappa shape index (κ3) is 3.03. The number of nitrogens with one attached hydrogen (secondary N) is 1. The Labute approximate surface area is 118 Å². The number of rotatable bonds is 5. The number of amides is 1. The lowest BCUT2D eigenvalue weighted by molar-refractivity contribution is -0.118. The van der Waals surface area contributed by atoms with Crippen molar-refractivity contribution in [2.45, 2.75) is 26.3 Å². The molecule has 0 saturated carbocycles. The summed E-state index contributed by atoms with van der Waals surface area (Å²) in [6.45, 7) is 3.98. The molecule has 0 bridgehead atoms. The number of anilines is 1. The molecule has 0 radical (unpaired) electrons. The summed E-state index contributed by atoms with van der Waals surface area (Å²) in [5, 5.41) is 6.93. The van der Waals surface area contributed by atoms with E-state index in [1.807, 2.05) is 38.1 Å². The van der Waals surface area contributed by atoms with Gasteiger partial charge in [0.15, 0.2) is 0 Å². The van der Waals surface area contributed by atoms with Crippen molar-refractivity contribution in [1.82, 2.24) is 14.8 Å². The highest BCUT2D eigenvalue weighted by molar-refractivity contribution is 5.96. The van der Waals surface area contributed by atoms with Crippen molar-refractivity contribution in [3.8, 4) is 5.69 Å². The van der Waals surface area contributed by atoms with Crippen LogP contribution in [0.3, 0.4) is 0 Å². The zero-order chi connectivity index (χ0) is 14.5. The van der Waals surface area contributed by atoms with Gasteiger partial charge < -0.3 is 11.1 Å². The second kappa shape index (κ2) is 6.29. The van der Waals surface area contributed by atoms with E-state index in [9.17, 15) is 4.79 Å². The molecule has 0 aliphatic heterocycles. The van der Waals surface area contributed by atoms with Gasteiger partial charge in [-0.25, -0.2) is 9.67 Å². The van der Waals surface area contributed by atoms with Crippen molar-refractivity contribution >= 4 is 11.6 Å². The van der Waals surface area contributed by atoms with E-state index in [2.05, 4.69) is 15.4 Å². The average molecular weight is 273 g/mol. The molecule has 1 heterocycles. The zero-order valence-electron chi connectivity index (χ0n) is 11.7. The molecule has 6 heteroatoms. The molecule has 1 aromatic heterocycles. The normalized spacial score (nSPS) is 13.8. The van der Waals surface area contributed by atoms with Crippen LogP contribution in [-0.2, 0) is 4.79 Å². The maximum Gasteiger partial charge on any atom is 0.241 e. The fraction of sp³-hybridized carbons (Fsp3) is 0.357. The zero-order valence-corrected chi connectivity index (χ0v) is 11.7. The Morgan fingerprint density at radius 2 is 2.20 bits per heavy atom. The summed E-state index contributed by atoms with van der Waals surface area (Å²) in [6.07, 6.45) is 3.89. The monoisotopic (exact) mass is 273 g/mol. The maximum atomic E-state index is 12.2. The van der Waals surface area contributed by atoms with Gasteiger partial charge >= 0.3 is 0 Å². The standard InChI is InChI=1S/C14H19N5O/c1-3-10(2)13(15)14(20)18-11-6-4-5-7-12(11)19-9-16-8-17-19/h4-10,13H,3,15H2,1-2H3,(H,18,20). The predicted octanol–water partition coefficient (Wildman–Crippen LogP) is 1.58. The minimum Gasteiger partial charge on any atom is -0.323 e. The molecule has 0 spiro atoms. The van der Waals surface area contributed by atoms with Crippen LogP contribution in [0.2, 0.25) is 0 Å². The molecule has 2 aromatic rings. The molecule has 2 rings (SSSR count). The Kier molecular flexibility index (Phi) is 4.47. The number of hydrogen-bond acceptors (Lipinski definition) is 4. The smallest absolute Gasteiger partial charge is 0.241 e. The van der Waals surface area contributed by atoms with E-state index in [4.69, 9.17) is 5.73 Å². The molecule has 2 atom stereocenters. The van der Waals surface area contributed by atoms with Gasteiger partial charge in [0, 0.05) is 0 Å². The first-order valence-electron chi connectivity index (χ1n) is 6.64. The van der Waals surface area contributed by atoms with Crippen LogP contribution in [0.1, 0.15) is 20.3 Å². The summed E-state index contributed by atoms with van der Waals surface area (Å²) in [6, 6.07) is 6.88. The number of para-hydroxylation sites is 2. The molecule has 2 unspecified atom stereocenters. The van der Waals surface area contributed by atoms with Crippen LogP contribution in [0, 0.1) is 5.92 Å². The van der Waals surface area contributed by atoms with Crippen LogP contribution >= 0.6 is 0 Å². The molecule has 106 valence electrons. The van der Waals surface area contributed by atoms with Crippen LogP contribution in [-0.4, -0.2) is 26.7 Å². The Morgan fingerprint density at radius 3 is 2.85 bits per heavy atom. The summed E-state index contributed by atoms with van der Waals surface area (Å²) >= 11 is 0. The minimum atomic E-state index is -0.524. The third-order valence-electron chi connectivity index (χ3n) is 3.39. The number of carbonyl (C=O) groups is 1. The fourth-order valence-corrected chi connectivity index (χ4v) is 1.84. The molecule has 20 heavy (non-hydrogen) atoms. The van der Waals surface area contributed by atoms with Gasteiger partial charge in [0.05, 0.1) is 17.4 Å². The second-order valence-corrected chi connectivity index (χ2v) is 4.76. The van der Waals surface area contributed by atoms with E-state index in [0.717, 1.165) is 12.1 Å². The predicted molar refractivity (Wildman–Crippen MR) is 77.4 cm³/mol. The van der Waals surface area contributed by atoms with Gasteiger partial charge in [-0.3, -0.25) is 4.79 Å². The molecule has 0 aliphatic rings. The lowest BCUT2D eigenvalue weighted by Crippen LogP contribution is -2.40. The molecule has 3 N–H and O–H groups in total. The highest BCUT2D eigenvalue weighted by Gasteiger charge is 2.20. The molecule has 6 nitrogen and oxygen atoms in total. The first-order chi connectivity index (χ1) is 9.63. The van der Waals surface area contributed by atoms with Crippen LogP contribution < -0.4 is 11.1 Å². The van der Waals surface area contributed by atoms with Crippen LogP contribution in [0.4, 0.5) is 5.69 Å². The molecular weight excluding hydrogens is 254 g/mol. The largest absolute Gasteiger partial charge is 0.323 e. The van der Waals surface area contributed by atoms with E-state index in [1.54, 1.807) is 11.0 Å². The second-order valence-electron chi connectivity index (χ2n) is 4.76. The summed E-state index contributed by atoms with van der Waals surface area (Å²) < 4.78 is 1.60. The molecule has 1 aromatic carbocycles. The van der Waals surface area contributed by atoms with Gasteiger partial charge in [-0.15, -0.1) is 0 Å². The average Bonchev–Trinajstić information content (AvgIpc) is 3.00. The number of nitrogens with zero attached hydrogens (tertiary/aromatic N) is 3. The van der Waals surface area contributed by atoms with Crippen molar-refractivity contribution < 1.29 is 4.79 Å². The van der Waals surface area contributed by atoms with Gasteiger partial charge in [0.25, 0.3) is 0 Å². The molecule has 0 saturated heterocycles. The number of nitrogens with two attached hydrogens (primary N) is 1. The van der Waals surface area contributed by atoms with Crippen molar-refractivity contribution in [2.24, 2.45) is 11.7 Å². The molecule has 1 amide bonds. The number of aromatic nitrogens is 3. The molecule has 0 aliphatic carbocycles. The van der Waals surface area contributed by atoms with Gasteiger partial charge in [-0.2, -0.15) is 5.10 Å². The number of hydrogen-bond donors (Lipinski definition) is 2. The van der Waals surface area contributed by atoms with Gasteiger partial charge in [-0.1, -0.05) is 32.4 Å². The minimum absolute atomic E-state index is 0.133. The first kappa shape index (κ1) is 14.2. The lowest BCUT2D eigenvalue weighted by Gasteiger charge is -2.18. The SMILES string of the molecule is CCC(C)C(N)C(=O)Nc1ccccc1-n1cncn1. The quantitative estimate of drug-likeness (QED) is 0.866. The van der Waals surface area contributed by atoms with Gasteiger partial charge in [0.2, 0.25) is 5.91 Å². The Hall–Kier alpha value is -2.21. The molecule has 0 fully saturated rings. The Balaban J connectivity index is 2.20. The Morgan fingerprint density at radius 1 is 1.45 bits per heavy atom. The highest BCUT2D eigenvalue weighted by Crippen LogP contribution is 2.19. The highest BCUT2D eigenvalue weighted by atomic mass is 16.2. The van der Waals surface area contributed by atoms with Crippen molar-refractivity contribution in [3.63, 3.8) is 0 Å². The van der Waals surface area contributed by atoms with Gasteiger partial charge in [0.1, 0.15) is 12.7 Å². The third-order valence-corrected chi connectivity index (χ3v) is 3.39. The van der Waals surface area contributed by atoms with Crippen LogP contribution in [0.15, 0.2) is 36.9 Å². The van der Waals surface area contributed by atoms with Gasteiger partial charge in [-0.05, 0) is 18.1 Å². The first-order valence-corrected chi connectivity index (χ1v) is 6.64. The lowest BCUT2D eigenvalue weighted by atomic mass is 9.99. The van der Waals surface area contributed by atoms with E-state index >= 15 is 0 Å². The summed E-state index contributed by atoms with van der Waals surface area (Å²) in [4.78, 5) is 16.1. The Bertz CT molecular complexity index is 567. The van der Waals surface area contributed by atoms with Crippen molar-refractivity contribution in [2.75, 3.05) is 5.32 Å². The fourth-order valence-electron chi connectivity index (χ4n) is 1.84. The van der Waals surface area contributed by atoms with E-state index < -0.39 is 6.04 Å². The van der Waals surface area contributed by atoms with Crippen molar-refractivity contribution in [3.05, 3.63) is 36.9 Å². The van der Waals surface area contributed by atoms with E-state index in [1.165, 1.54) is 6.33 Å². The number of benzene rings is 1. The van der Waals surface area contributed by atoms with Crippen LogP contribution in [0.5, 0.6) is 0 Å². The summed E-state index contributed by atoms with van der Waals surface area (Å²) in [7, 11) is 0. The summed E-state index contributed by atoms with van der Waals surface area (Å²) in [5.41, 5.74) is 7.37. The van der Waals surface area contributed by atoms with E-state index in [-0.39, 0.29) is 11.8 Å². The topological polar surface area (TPSA) is 85.8 Å². The van der Waals surface area contributed by atoms with Crippen LogP contribution in [0.25, 0.3) is 5.69 Å². The number of carbonyl (C=O) groups excluding carboxylic acids is 1.